The molecule has 2 rings (SSSR count). The third kappa shape index (κ3) is 3.51. The second kappa shape index (κ2) is 6.12. The van der Waals surface area contributed by atoms with E-state index >= 15 is 0 Å². The summed E-state index contributed by atoms with van der Waals surface area (Å²) in [6.07, 6.45) is 5.70. The summed E-state index contributed by atoms with van der Waals surface area (Å²) in [5, 5.41) is 0. The molecule has 1 saturated heterocycles. The first kappa shape index (κ1) is 12.5. The maximum atomic E-state index is 5.65. The molecule has 3 nitrogen and oxygen atoms in total. The Hall–Kier alpha value is -0.930. The highest BCUT2D eigenvalue weighted by atomic mass is 15.1. The first-order valence-electron chi connectivity index (χ1n) is 6.62. The fourth-order valence-electron chi connectivity index (χ4n) is 2.66. The summed E-state index contributed by atoms with van der Waals surface area (Å²) in [6, 6.07) is 4.15. The molecule has 1 atom stereocenters. The van der Waals surface area contributed by atoms with Crippen LogP contribution >= 0.6 is 0 Å². The second-order valence-electron chi connectivity index (χ2n) is 5.09. The molecule has 1 aliphatic rings. The zero-order chi connectivity index (χ0) is 12.1. The number of aromatic nitrogens is 1. The summed E-state index contributed by atoms with van der Waals surface area (Å²) in [5.74, 6) is 0.790. The van der Waals surface area contributed by atoms with E-state index in [0.717, 1.165) is 25.4 Å². The topological polar surface area (TPSA) is 42.2 Å². The summed E-state index contributed by atoms with van der Waals surface area (Å²) in [5.41, 5.74) is 8.17. The van der Waals surface area contributed by atoms with Gasteiger partial charge in [-0.05, 0) is 56.8 Å². The first-order chi connectivity index (χ1) is 8.29. The van der Waals surface area contributed by atoms with Crippen LogP contribution in [0.2, 0.25) is 0 Å². The Bertz CT molecular complexity index is 349. The SMILES string of the molecule is Cc1cccnc1CN1CCCC(CCN)C1. The molecule has 2 N–H and O–H groups in total. The average molecular weight is 233 g/mol. The maximum Gasteiger partial charge on any atom is 0.0573 e. The van der Waals surface area contributed by atoms with Gasteiger partial charge in [0, 0.05) is 19.3 Å². The van der Waals surface area contributed by atoms with Crippen LogP contribution in [0.1, 0.15) is 30.5 Å². The summed E-state index contributed by atoms with van der Waals surface area (Å²) >= 11 is 0. The molecule has 1 aromatic heterocycles. The van der Waals surface area contributed by atoms with E-state index in [9.17, 15) is 0 Å². The second-order valence-corrected chi connectivity index (χ2v) is 5.09. The molecule has 1 fully saturated rings. The van der Waals surface area contributed by atoms with Crippen LogP contribution in [-0.4, -0.2) is 29.5 Å². The van der Waals surface area contributed by atoms with Crippen LogP contribution in [-0.2, 0) is 6.54 Å². The van der Waals surface area contributed by atoms with Crippen LogP contribution in [0, 0.1) is 12.8 Å². The lowest BCUT2D eigenvalue weighted by Gasteiger charge is -2.32. The Kier molecular flexibility index (Phi) is 4.51. The number of piperidine rings is 1. The molecule has 0 saturated carbocycles. The highest BCUT2D eigenvalue weighted by Gasteiger charge is 2.19. The largest absolute Gasteiger partial charge is 0.330 e. The number of likely N-dealkylation sites (tertiary alicyclic amines) is 1. The van der Waals surface area contributed by atoms with Gasteiger partial charge >= 0.3 is 0 Å². The van der Waals surface area contributed by atoms with Gasteiger partial charge in [0.25, 0.3) is 0 Å². The summed E-state index contributed by atoms with van der Waals surface area (Å²) in [7, 11) is 0. The van der Waals surface area contributed by atoms with E-state index in [2.05, 4.69) is 22.9 Å². The smallest absolute Gasteiger partial charge is 0.0573 e. The van der Waals surface area contributed by atoms with Gasteiger partial charge in [-0.2, -0.15) is 0 Å². The van der Waals surface area contributed by atoms with Crippen LogP contribution in [0.5, 0.6) is 0 Å². The van der Waals surface area contributed by atoms with Gasteiger partial charge in [-0.3, -0.25) is 9.88 Å². The molecule has 0 aromatic carbocycles. The highest BCUT2D eigenvalue weighted by molar-refractivity contribution is 5.17. The number of nitrogens with zero attached hydrogens (tertiary/aromatic N) is 2. The number of rotatable bonds is 4. The fraction of sp³-hybridized carbons (Fsp3) is 0.643. The standard InChI is InChI=1S/C14H23N3/c1-12-4-2-8-16-14(12)11-17-9-3-5-13(10-17)6-7-15/h2,4,8,13H,3,5-7,9-11,15H2,1H3. The molecule has 94 valence electrons. The van der Waals surface area contributed by atoms with E-state index in [0.29, 0.717) is 0 Å². The number of hydrogen-bond donors (Lipinski definition) is 1. The van der Waals surface area contributed by atoms with Crippen molar-refractivity contribution in [2.24, 2.45) is 11.7 Å². The molecule has 1 unspecified atom stereocenters. The van der Waals surface area contributed by atoms with E-state index in [1.54, 1.807) is 0 Å². The zero-order valence-electron chi connectivity index (χ0n) is 10.7. The highest BCUT2D eigenvalue weighted by Crippen LogP contribution is 2.20. The van der Waals surface area contributed by atoms with Crippen molar-refractivity contribution in [2.75, 3.05) is 19.6 Å². The molecule has 3 heteroatoms. The van der Waals surface area contributed by atoms with E-state index < -0.39 is 0 Å². The van der Waals surface area contributed by atoms with Gasteiger partial charge in [0.15, 0.2) is 0 Å². The van der Waals surface area contributed by atoms with Gasteiger partial charge in [0.05, 0.1) is 5.69 Å². The number of hydrogen-bond acceptors (Lipinski definition) is 3. The Morgan fingerprint density at radius 2 is 2.41 bits per heavy atom. The zero-order valence-corrected chi connectivity index (χ0v) is 10.7. The molecule has 0 aliphatic carbocycles. The number of pyridine rings is 1. The van der Waals surface area contributed by atoms with Crippen LogP contribution in [0.4, 0.5) is 0 Å². The molecule has 0 amide bonds. The molecule has 2 heterocycles. The minimum Gasteiger partial charge on any atom is -0.330 e. The van der Waals surface area contributed by atoms with Crippen LogP contribution in [0.25, 0.3) is 0 Å². The lowest BCUT2D eigenvalue weighted by molar-refractivity contribution is 0.161. The van der Waals surface area contributed by atoms with Crippen molar-refractivity contribution in [3.05, 3.63) is 29.6 Å². The Morgan fingerprint density at radius 3 is 3.18 bits per heavy atom. The Morgan fingerprint density at radius 1 is 1.53 bits per heavy atom. The first-order valence-corrected chi connectivity index (χ1v) is 6.62. The Balaban J connectivity index is 1.92. The Labute approximate surface area is 104 Å². The maximum absolute atomic E-state index is 5.65. The predicted octanol–water partition coefficient (Wildman–Crippen LogP) is 1.95. The summed E-state index contributed by atoms with van der Waals surface area (Å²) < 4.78 is 0. The summed E-state index contributed by atoms with van der Waals surface area (Å²) in [6.45, 7) is 6.35. The van der Waals surface area contributed by atoms with Crippen molar-refractivity contribution < 1.29 is 0 Å². The molecule has 1 aliphatic heterocycles. The van der Waals surface area contributed by atoms with Crippen molar-refractivity contribution in [2.45, 2.75) is 32.7 Å². The predicted molar refractivity (Wildman–Crippen MR) is 70.6 cm³/mol. The molecular formula is C14H23N3. The van der Waals surface area contributed by atoms with E-state index in [4.69, 9.17) is 5.73 Å². The summed E-state index contributed by atoms with van der Waals surface area (Å²) in [4.78, 5) is 7.00. The molecule has 1 aromatic rings. The van der Waals surface area contributed by atoms with Gasteiger partial charge < -0.3 is 5.73 Å². The van der Waals surface area contributed by atoms with Gasteiger partial charge in [-0.15, -0.1) is 0 Å². The third-order valence-corrected chi connectivity index (χ3v) is 3.67. The van der Waals surface area contributed by atoms with Gasteiger partial charge in [0.2, 0.25) is 0 Å². The molecule has 0 bridgehead atoms. The molecule has 17 heavy (non-hydrogen) atoms. The average Bonchev–Trinajstić information content (AvgIpc) is 2.33. The van der Waals surface area contributed by atoms with Crippen molar-refractivity contribution in [1.29, 1.82) is 0 Å². The van der Waals surface area contributed by atoms with Crippen molar-refractivity contribution in [3.8, 4) is 0 Å². The fourth-order valence-corrected chi connectivity index (χ4v) is 2.66. The van der Waals surface area contributed by atoms with Crippen LogP contribution < -0.4 is 5.73 Å². The minimum absolute atomic E-state index is 0.790. The number of nitrogens with two attached hydrogens (primary N) is 1. The molecular weight excluding hydrogens is 210 g/mol. The molecule has 0 spiro atoms. The van der Waals surface area contributed by atoms with Gasteiger partial charge in [0.1, 0.15) is 0 Å². The van der Waals surface area contributed by atoms with Crippen molar-refractivity contribution >= 4 is 0 Å². The third-order valence-electron chi connectivity index (χ3n) is 3.67. The van der Waals surface area contributed by atoms with Gasteiger partial charge in [-0.1, -0.05) is 6.07 Å². The van der Waals surface area contributed by atoms with Crippen molar-refractivity contribution in [3.63, 3.8) is 0 Å². The van der Waals surface area contributed by atoms with Crippen LogP contribution in [0.3, 0.4) is 0 Å². The van der Waals surface area contributed by atoms with Gasteiger partial charge in [-0.25, -0.2) is 0 Å². The quantitative estimate of drug-likeness (QED) is 0.864. The number of aryl methyl sites for hydroxylation is 1. The lowest BCUT2D eigenvalue weighted by atomic mass is 9.94. The van der Waals surface area contributed by atoms with Crippen molar-refractivity contribution in [1.82, 2.24) is 9.88 Å². The monoisotopic (exact) mass is 233 g/mol. The van der Waals surface area contributed by atoms with E-state index in [1.165, 1.54) is 37.2 Å². The van der Waals surface area contributed by atoms with E-state index in [1.807, 2.05) is 12.3 Å². The minimum atomic E-state index is 0.790. The normalized spacial score (nSPS) is 21.6. The van der Waals surface area contributed by atoms with E-state index in [-0.39, 0.29) is 0 Å². The lowest BCUT2D eigenvalue weighted by Crippen LogP contribution is -2.36. The molecule has 0 radical (unpaired) electrons. The van der Waals surface area contributed by atoms with Crippen LogP contribution in [0.15, 0.2) is 18.3 Å².